The van der Waals surface area contributed by atoms with E-state index in [-0.39, 0.29) is 11.8 Å². The molecule has 2 heterocycles. The van der Waals surface area contributed by atoms with E-state index >= 15 is 0 Å². The topological polar surface area (TPSA) is 40.6 Å². The van der Waals surface area contributed by atoms with Crippen LogP contribution in [-0.2, 0) is 9.59 Å². The van der Waals surface area contributed by atoms with Crippen molar-refractivity contribution < 1.29 is 9.59 Å². The molecule has 4 nitrogen and oxygen atoms in total. The summed E-state index contributed by atoms with van der Waals surface area (Å²) in [5.74, 6) is -0.344. The molecule has 0 spiro atoms. The van der Waals surface area contributed by atoms with Crippen LogP contribution in [0.15, 0.2) is 12.2 Å². The molecule has 0 unspecified atom stereocenters. The Hall–Kier alpha value is -1.16. The zero-order valence-corrected chi connectivity index (χ0v) is 8.11. The molecule has 0 radical (unpaired) electrons. The predicted molar refractivity (Wildman–Crippen MR) is 51.5 cm³/mol. The van der Waals surface area contributed by atoms with Crippen molar-refractivity contribution in [3.8, 4) is 0 Å². The zero-order valence-electron chi connectivity index (χ0n) is 8.11. The summed E-state index contributed by atoms with van der Waals surface area (Å²) in [4.78, 5) is 26.0. The minimum absolute atomic E-state index is 0.172. The maximum absolute atomic E-state index is 11.2. The lowest BCUT2D eigenvalue weighted by Crippen LogP contribution is -2.37. The van der Waals surface area contributed by atoms with Gasteiger partial charge in [0.05, 0.1) is 0 Å². The van der Waals surface area contributed by atoms with E-state index in [4.69, 9.17) is 0 Å². The largest absolute Gasteiger partial charge is 0.302 e. The molecule has 0 aromatic heterocycles. The van der Waals surface area contributed by atoms with Gasteiger partial charge in [-0.3, -0.25) is 14.5 Å². The van der Waals surface area contributed by atoms with E-state index in [0.29, 0.717) is 6.54 Å². The third-order valence-electron chi connectivity index (χ3n) is 2.74. The minimum atomic E-state index is -0.172. The lowest BCUT2D eigenvalue weighted by Gasteiger charge is -2.19. The number of amides is 2. The Morgan fingerprint density at radius 3 is 2.14 bits per heavy atom. The fourth-order valence-electron chi connectivity index (χ4n) is 1.90. The van der Waals surface area contributed by atoms with E-state index in [1.165, 1.54) is 29.9 Å². The van der Waals surface area contributed by atoms with Crippen molar-refractivity contribution in [3.63, 3.8) is 0 Å². The Morgan fingerprint density at radius 1 is 1.00 bits per heavy atom. The fourth-order valence-corrected chi connectivity index (χ4v) is 1.90. The van der Waals surface area contributed by atoms with Crippen LogP contribution in [0.5, 0.6) is 0 Å². The Labute approximate surface area is 83.2 Å². The quantitative estimate of drug-likeness (QED) is 0.594. The summed E-state index contributed by atoms with van der Waals surface area (Å²) < 4.78 is 0. The van der Waals surface area contributed by atoms with Gasteiger partial charge in [0.1, 0.15) is 0 Å². The normalized spacial score (nSPS) is 22.7. The number of nitrogens with zero attached hydrogens (tertiary/aromatic N) is 2. The second kappa shape index (κ2) is 3.92. The Morgan fingerprint density at radius 2 is 1.57 bits per heavy atom. The van der Waals surface area contributed by atoms with Crippen molar-refractivity contribution in [1.29, 1.82) is 0 Å². The Bertz CT molecular complexity index is 262. The van der Waals surface area contributed by atoms with Gasteiger partial charge in [-0.1, -0.05) is 0 Å². The van der Waals surface area contributed by atoms with Crippen molar-refractivity contribution in [2.24, 2.45) is 0 Å². The Balaban J connectivity index is 1.80. The molecule has 76 valence electrons. The summed E-state index contributed by atoms with van der Waals surface area (Å²) >= 11 is 0. The molecular formula is C10H14N2O2. The van der Waals surface area contributed by atoms with Gasteiger partial charge in [-0.05, 0) is 25.9 Å². The minimum Gasteiger partial charge on any atom is -0.302 e. The molecule has 0 bridgehead atoms. The van der Waals surface area contributed by atoms with Crippen LogP contribution in [0.4, 0.5) is 0 Å². The summed E-state index contributed by atoms with van der Waals surface area (Å²) in [6.45, 7) is 3.55. The molecule has 0 atom stereocenters. The third-order valence-corrected chi connectivity index (χ3v) is 2.74. The van der Waals surface area contributed by atoms with Crippen LogP contribution in [0.2, 0.25) is 0 Å². The molecule has 14 heavy (non-hydrogen) atoms. The van der Waals surface area contributed by atoms with Gasteiger partial charge in [0.2, 0.25) is 0 Å². The number of imide groups is 1. The van der Waals surface area contributed by atoms with Crippen LogP contribution in [-0.4, -0.2) is 47.8 Å². The van der Waals surface area contributed by atoms with E-state index in [2.05, 4.69) is 4.90 Å². The summed E-state index contributed by atoms with van der Waals surface area (Å²) in [6.07, 6.45) is 5.15. The van der Waals surface area contributed by atoms with E-state index in [1.54, 1.807) is 0 Å². The van der Waals surface area contributed by atoms with Gasteiger partial charge in [0, 0.05) is 25.2 Å². The highest BCUT2D eigenvalue weighted by Gasteiger charge is 2.23. The van der Waals surface area contributed by atoms with Crippen LogP contribution < -0.4 is 0 Å². The lowest BCUT2D eigenvalue weighted by atomic mass is 10.4. The number of carbonyl (C=O) groups is 2. The maximum atomic E-state index is 11.2. The van der Waals surface area contributed by atoms with Gasteiger partial charge >= 0.3 is 0 Å². The van der Waals surface area contributed by atoms with Crippen LogP contribution in [0.25, 0.3) is 0 Å². The SMILES string of the molecule is O=C1C=CC(=O)N1CCN1CCCC1. The first-order valence-corrected chi connectivity index (χ1v) is 5.03. The molecule has 2 amide bonds. The number of rotatable bonds is 3. The summed E-state index contributed by atoms with van der Waals surface area (Å²) in [6, 6.07) is 0. The first kappa shape index (κ1) is 9.40. The fraction of sp³-hybridized carbons (Fsp3) is 0.600. The van der Waals surface area contributed by atoms with Crippen molar-refractivity contribution in [2.45, 2.75) is 12.8 Å². The number of hydrogen-bond donors (Lipinski definition) is 0. The molecule has 2 aliphatic heterocycles. The van der Waals surface area contributed by atoms with Crippen molar-refractivity contribution in [3.05, 3.63) is 12.2 Å². The average molecular weight is 194 g/mol. The van der Waals surface area contributed by atoms with Gasteiger partial charge < -0.3 is 4.90 Å². The van der Waals surface area contributed by atoms with E-state index in [1.807, 2.05) is 0 Å². The molecule has 0 aliphatic carbocycles. The van der Waals surface area contributed by atoms with Crippen LogP contribution >= 0.6 is 0 Å². The molecule has 1 saturated heterocycles. The first-order chi connectivity index (χ1) is 6.77. The highest BCUT2D eigenvalue weighted by Crippen LogP contribution is 2.08. The molecule has 4 heteroatoms. The molecule has 2 rings (SSSR count). The third kappa shape index (κ3) is 1.85. The zero-order chi connectivity index (χ0) is 9.97. The molecule has 0 aromatic rings. The van der Waals surface area contributed by atoms with Crippen molar-refractivity contribution in [1.82, 2.24) is 9.80 Å². The van der Waals surface area contributed by atoms with Crippen molar-refractivity contribution in [2.75, 3.05) is 26.2 Å². The van der Waals surface area contributed by atoms with Gasteiger partial charge in [-0.2, -0.15) is 0 Å². The van der Waals surface area contributed by atoms with Crippen LogP contribution in [0, 0.1) is 0 Å². The van der Waals surface area contributed by atoms with Crippen molar-refractivity contribution >= 4 is 11.8 Å². The second-order valence-corrected chi connectivity index (χ2v) is 3.71. The van der Waals surface area contributed by atoms with Gasteiger partial charge in [-0.25, -0.2) is 0 Å². The van der Waals surface area contributed by atoms with Gasteiger partial charge in [-0.15, -0.1) is 0 Å². The standard InChI is InChI=1S/C10H14N2O2/c13-9-3-4-10(14)12(9)8-7-11-5-1-2-6-11/h3-4H,1-2,5-8H2. The summed E-state index contributed by atoms with van der Waals surface area (Å²) in [5.41, 5.74) is 0. The first-order valence-electron chi connectivity index (χ1n) is 5.03. The van der Waals surface area contributed by atoms with E-state index in [9.17, 15) is 9.59 Å². The monoisotopic (exact) mass is 194 g/mol. The maximum Gasteiger partial charge on any atom is 0.253 e. The number of hydrogen-bond acceptors (Lipinski definition) is 3. The highest BCUT2D eigenvalue weighted by atomic mass is 16.2. The summed E-state index contributed by atoms with van der Waals surface area (Å²) in [7, 11) is 0. The second-order valence-electron chi connectivity index (χ2n) is 3.71. The molecule has 0 N–H and O–H groups in total. The Kier molecular flexibility index (Phi) is 2.63. The summed E-state index contributed by atoms with van der Waals surface area (Å²) in [5, 5.41) is 0. The van der Waals surface area contributed by atoms with Gasteiger partial charge in [0.15, 0.2) is 0 Å². The molecule has 2 aliphatic rings. The highest BCUT2D eigenvalue weighted by molar-refractivity contribution is 6.12. The number of carbonyl (C=O) groups excluding carboxylic acids is 2. The average Bonchev–Trinajstić information content (AvgIpc) is 2.76. The smallest absolute Gasteiger partial charge is 0.253 e. The number of likely N-dealkylation sites (tertiary alicyclic amines) is 1. The van der Waals surface area contributed by atoms with Crippen LogP contribution in [0.1, 0.15) is 12.8 Å². The molecule has 0 saturated carbocycles. The van der Waals surface area contributed by atoms with Gasteiger partial charge in [0.25, 0.3) is 11.8 Å². The molecular weight excluding hydrogens is 180 g/mol. The van der Waals surface area contributed by atoms with E-state index in [0.717, 1.165) is 19.6 Å². The predicted octanol–water partition coefficient (Wildman–Crippen LogP) is 0.00720. The van der Waals surface area contributed by atoms with E-state index < -0.39 is 0 Å². The lowest BCUT2D eigenvalue weighted by molar-refractivity contribution is -0.136. The molecule has 0 aromatic carbocycles. The molecule has 1 fully saturated rings. The van der Waals surface area contributed by atoms with Crippen LogP contribution in [0.3, 0.4) is 0 Å².